The molecule has 0 N–H and O–H groups in total. The van der Waals surface area contributed by atoms with E-state index in [0.717, 1.165) is 47.6 Å². The first-order valence-corrected chi connectivity index (χ1v) is 11.6. The molecule has 1 aliphatic rings. The van der Waals surface area contributed by atoms with Crippen molar-refractivity contribution in [3.8, 4) is 22.8 Å². The molecule has 0 bridgehead atoms. The Labute approximate surface area is 203 Å². The van der Waals surface area contributed by atoms with Gasteiger partial charge in [0, 0.05) is 30.2 Å². The molecule has 0 radical (unpaired) electrons. The SMILES string of the molecule is COc1ccc(-c2cc(C(=O)N3CCCC[C@H]3c3ncc(Cc4ccccc4OC)o3)on2)cc1. The molecule has 5 rings (SSSR count). The van der Waals surface area contributed by atoms with Gasteiger partial charge in [0.15, 0.2) is 0 Å². The molecule has 0 spiro atoms. The third-order valence-electron chi connectivity index (χ3n) is 6.28. The van der Waals surface area contributed by atoms with Crippen molar-refractivity contribution in [3.63, 3.8) is 0 Å². The molecular weight excluding hydrogens is 446 g/mol. The second kappa shape index (κ2) is 10.0. The molecule has 1 amide bonds. The summed E-state index contributed by atoms with van der Waals surface area (Å²) in [4.78, 5) is 19.7. The molecule has 8 heteroatoms. The summed E-state index contributed by atoms with van der Waals surface area (Å²) in [5.74, 6) is 2.80. The zero-order chi connectivity index (χ0) is 24.2. The summed E-state index contributed by atoms with van der Waals surface area (Å²) in [7, 11) is 3.27. The van der Waals surface area contributed by atoms with Crippen LogP contribution in [0.4, 0.5) is 0 Å². The standard InChI is InChI=1S/C27H27N3O5/c1-32-20-12-10-18(11-13-20)22-16-25(35-29-22)27(31)30-14-6-5-8-23(30)26-28-17-21(34-26)15-19-7-3-4-9-24(19)33-2/h3-4,7,9-13,16-17,23H,5-6,8,14-15H2,1-2H3/t23-/m0/s1. The number of benzene rings is 2. The highest BCUT2D eigenvalue weighted by molar-refractivity contribution is 5.92. The first kappa shape index (κ1) is 22.7. The molecular formula is C27H27N3O5. The Hall–Kier alpha value is -4.07. The van der Waals surface area contributed by atoms with Gasteiger partial charge in [0.1, 0.15) is 29.0 Å². The van der Waals surface area contributed by atoms with Crippen LogP contribution in [0.15, 0.2) is 69.7 Å². The van der Waals surface area contributed by atoms with Crippen molar-refractivity contribution in [3.05, 3.63) is 83.8 Å². The lowest BCUT2D eigenvalue weighted by Crippen LogP contribution is -2.38. The van der Waals surface area contributed by atoms with E-state index in [9.17, 15) is 4.79 Å². The van der Waals surface area contributed by atoms with Gasteiger partial charge in [-0.15, -0.1) is 0 Å². The van der Waals surface area contributed by atoms with Crippen molar-refractivity contribution in [1.82, 2.24) is 15.0 Å². The van der Waals surface area contributed by atoms with Gasteiger partial charge in [0.25, 0.3) is 5.91 Å². The van der Waals surface area contributed by atoms with Gasteiger partial charge in [-0.1, -0.05) is 23.4 Å². The molecule has 1 saturated heterocycles. The van der Waals surface area contributed by atoms with E-state index >= 15 is 0 Å². The maximum atomic E-state index is 13.4. The Morgan fingerprint density at radius 3 is 2.71 bits per heavy atom. The predicted octanol–water partition coefficient (Wildman–Crippen LogP) is 5.31. The van der Waals surface area contributed by atoms with Gasteiger partial charge in [0.05, 0.1) is 20.4 Å². The molecule has 1 fully saturated rings. The highest BCUT2D eigenvalue weighted by Gasteiger charge is 2.34. The number of piperidine rings is 1. The second-order valence-corrected chi connectivity index (χ2v) is 8.47. The fraction of sp³-hybridized carbons (Fsp3) is 0.296. The number of hydrogen-bond donors (Lipinski definition) is 0. The van der Waals surface area contributed by atoms with Crippen LogP contribution in [0.5, 0.6) is 11.5 Å². The first-order chi connectivity index (χ1) is 17.2. The lowest BCUT2D eigenvalue weighted by molar-refractivity contribution is 0.0528. The van der Waals surface area contributed by atoms with E-state index in [1.165, 1.54) is 0 Å². The number of rotatable bonds is 7. The summed E-state index contributed by atoms with van der Waals surface area (Å²) < 4.78 is 22.2. The number of methoxy groups -OCH3 is 2. The highest BCUT2D eigenvalue weighted by Crippen LogP contribution is 2.33. The molecule has 4 aromatic rings. The number of para-hydroxylation sites is 1. The minimum Gasteiger partial charge on any atom is -0.497 e. The lowest BCUT2D eigenvalue weighted by Gasteiger charge is -2.32. The Morgan fingerprint density at radius 2 is 1.91 bits per heavy atom. The fourth-order valence-electron chi connectivity index (χ4n) is 4.44. The van der Waals surface area contributed by atoms with E-state index in [0.29, 0.717) is 24.6 Å². The van der Waals surface area contributed by atoms with Gasteiger partial charge in [0.2, 0.25) is 11.7 Å². The molecule has 0 aliphatic carbocycles. The van der Waals surface area contributed by atoms with Crippen LogP contribution in [0, 0.1) is 0 Å². The maximum Gasteiger partial charge on any atom is 0.293 e. The van der Waals surface area contributed by atoms with E-state index in [-0.39, 0.29) is 17.7 Å². The number of oxazole rings is 1. The third-order valence-corrected chi connectivity index (χ3v) is 6.28. The topological polar surface area (TPSA) is 90.8 Å². The summed E-state index contributed by atoms with van der Waals surface area (Å²) in [6, 6.07) is 16.7. The average Bonchev–Trinajstić information content (AvgIpc) is 3.59. The number of carbonyl (C=O) groups is 1. The van der Waals surface area contributed by atoms with E-state index in [1.807, 2.05) is 48.5 Å². The molecule has 3 heterocycles. The number of aromatic nitrogens is 2. The third kappa shape index (κ3) is 4.77. The van der Waals surface area contributed by atoms with Gasteiger partial charge >= 0.3 is 0 Å². The number of amides is 1. The van der Waals surface area contributed by atoms with Crippen LogP contribution < -0.4 is 9.47 Å². The summed E-state index contributed by atoms with van der Waals surface area (Å²) in [5, 5.41) is 4.11. The van der Waals surface area contributed by atoms with Crippen LogP contribution in [-0.4, -0.2) is 41.7 Å². The van der Waals surface area contributed by atoms with Crippen molar-refractivity contribution >= 4 is 5.91 Å². The van der Waals surface area contributed by atoms with Crippen molar-refractivity contribution in [2.75, 3.05) is 20.8 Å². The molecule has 1 aliphatic heterocycles. The number of hydrogen-bond acceptors (Lipinski definition) is 7. The molecule has 35 heavy (non-hydrogen) atoms. The Balaban J connectivity index is 1.34. The number of ether oxygens (including phenoxy) is 2. The molecule has 2 aromatic carbocycles. The fourth-order valence-corrected chi connectivity index (χ4v) is 4.44. The van der Waals surface area contributed by atoms with E-state index in [1.54, 1.807) is 31.4 Å². The van der Waals surface area contributed by atoms with Crippen molar-refractivity contribution < 1.29 is 23.2 Å². The summed E-state index contributed by atoms with van der Waals surface area (Å²) >= 11 is 0. The normalized spacial score (nSPS) is 15.7. The van der Waals surface area contributed by atoms with E-state index in [4.69, 9.17) is 18.4 Å². The van der Waals surface area contributed by atoms with Crippen LogP contribution in [-0.2, 0) is 6.42 Å². The lowest BCUT2D eigenvalue weighted by atomic mass is 10.0. The molecule has 8 nitrogen and oxygen atoms in total. The quantitative estimate of drug-likeness (QED) is 0.359. The molecule has 0 unspecified atom stereocenters. The van der Waals surface area contributed by atoms with Gasteiger partial charge in [-0.2, -0.15) is 0 Å². The van der Waals surface area contributed by atoms with Crippen LogP contribution in [0.2, 0.25) is 0 Å². The van der Waals surface area contributed by atoms with Crippen LogP contribution in [0.3, 0.4) is 0 Å². The monoisotopic (exact) mass is 473 g/mol. The summed E-state index contributed by atoms with van der Waals surface area (Å²) in [5.41, 5.74) is 2.46. The van der Waals surface area contributed by atoms with Gasteiger partial charge in [-0.25, -0.2) is 4.98 Å². The van der Waals surface area contributed by atoms with Crippen LogP contribution in [0.1, 0.15) is 53.1 Å². The highest BCUT2D eigenvalue weighted by atomic mass is 16.5. The smallest absolute Gasteiger partial charge is 0.293 e. The average molecular weight is 474 g/mol. The van der Waals surface area contributed by atoms with Crippen LogP contribution in [0.25, 0.3) is 11.3 Å². The molecule has 1 atom stereocenters. The number of nitrogens with zero attached hydrogens (tertiary/aromatic N) is 3. The number of likely N-dealkylation sites (tertiary alicyclic amines) is 1. The Morgan fingerprint density at radius 1 is 1.09 bits per heavy atom. The zero-order valence-corrected chi connectivity index (χ0v) is 19.8. The van der Waals surface area contributed by atoms with E-state index < -0.39 is 0 Å². The summed E-state index contributed by atoms with van der Waals surface area (Å²) in [6.45, 7) is 0.603. The van der Waals surface area contributed by atoms with Crippen LogP contribution >= 0.6 is 0 Å². The van der Waals surface area contributed by atoms with Gasteiger partial charge in [-0.3, -0.25) is 4.79 Å². The Bertz CT molecular complexity index is 1290. The Kier molecular flexibility index (Phi) is 6.52. The predicted molar refractivity (Wildman–Crippen MR) is 128 cm³/mol. The molecule has 2 aromatic heterocycles. The largest absolute Gasteiger partial charge is 0.497 e. The minimum atomic E-state index is -0.253. The van der Waals surface area contributed by atoms with Crippen molar-refractivity contribution in [2.24, 2.45) is 0 Å². The number of carbonyl (C=O) groups excluding carboxylic acids is 1. The van der Waals surface area contributed by atoms with Gasteiger partial charge in [-0.05, 0) is 49.6 Å². The van der Waals surface area contributed by atoms with Crippen molar-refractivity contribution in [1.29, 1.82) is 0 Å². The minimum absolute atomic E-state index is 0.198. The first-order valence-electron chi connectivity index (χ1n) is 11.6. The van der Waals surface area contributed by atoms with Gasteiger partial charge < -0.3 is 23.3 Å². The van der Waals surface area contributed by atoms with E-state index in [2.05, 4.69) is 10.1 Å². The zero-order valence-electron chi connectivity index (χ0n) is 19.8. The molecule has 180 valence electrons. The maximum absolute atomic E-state index is 13.4. The summed E-state index contributed by atoms with van der Waals surface area (Å²) in [6.07, 6.45) is 4.97. The molecule has 0 saturated carbocycles. The van der Waals surface area contributed by atoms with Crippen molar-refractivity contribution in [2.45, 2.75) is 31.7 Å². The second-order valence-electron chi connectivity index (χ2n) is 8.47.